The summed E-state index contributed by atoms with van der Waals surface area (Å²) < 4.78 is 26.4. The lowest BCUT2D eigenvalue weighted by Crippen LogP contribution is -2.49. The highest BCUT2D eigenvalue weighted by molar-refractivity contribution is 7.80. The zero-order valence-electron chi connectivity index (χ0n) is 13.0. The number of hydrogen-bond donors (Lipinski definition) is 2. The number of nitrogens with one attached hydrogen (secondary N) is 1. The Labute approximate surface area is 153 Å². The zero-order chi connectivity index (χ0) is 18.4. The molecule has 8 heteroatoms. The molecule has 4 nitrogen and oxygen atoms in total. The number of aliphatic hydroxyl groups is 1. The molecule has 2 aromatic rings. The van der Waals surface area contributed by atoms with Crippen LogP contribution in [0.25, 0.3) is 0 Å². The van der Waals surface area contributed by atoms with Crippen LogP contribution in [-0.2, 0) is 4.79 Å². The molecule has 0 spiro atoms. The maximum atomic E-state index is 13.4. The molecule has 0 radical (unpaired) electrons. The monoisotopic (exact) mass is 382 g/mol. The van der Waals surface area contributed by atoms with Crippen molar-refractivity contribution in [1.29, 1.82) is 0 Å². The maximum absolute atomic E-state index is 13.4. The van der Waals surface area contributed by atoms with Crippen LogP contribution in [0.2, 0.25) is 5.02 Å². The number of amides is 1. The van der Waals surface area contributed by atoms with E-state index >= 15 is 0 Å². The van der Waals surface area contributed by atoms with E-state index in [1.54, 1.807) is 0 Å². The second-order valence-electron chi connectivity index (χ2n) is 5.83. The molecule has 25 heavy (non-hydrogen) atoms. The van der Waals surface area contributed by atoms with Gasteiger partial charge in [0, 0.05) is 0 Å². The number of halogens is 3. The molecule has 0 unspecified atom stereocenters. The number of rotatable bonds is 3. The summed E-state index contributed by atoms with van der Waals surface area (Å²) in [5.41, 5.74) is -0.828. The third-order valence-electron chi connectivity index (χ3n) is 4.11. The molecule has 0 saturated carbocycles. The summed E-state index contributed by atoms with van der Waals surface area (Å²) in [7, 11) is 0. The average molecular weight is 383 g/mol. The number of aliphatic hydroxyl groups excluding tert-OH is 1. The van der Waals surface area contributed by atoms with Gasteiger partial charge < -0.3 is 10.4 Å². The Bertz CT molecular complexity index is 862. The Hall–Kier alpha value is -2.09. The van der Waals surface area contributed by atoms with Gasteiger partial charge >= 0.3 is 0 Å². The predicted molar refractivity (Wildman–Crippen MR) is 94.4 cm³/mol. The number of carbonyl (C=O) groups is 1. The number of hydrogen-bond acceptors (Lipinski definition) is 3. The van der Waals surface area contributed by atoms with E-state index in [1.165, 1.54) is 43.3 Å². The van der Waals surface area contributed by atoms with Gasteiger partial charge in [0.2, 0.25) is 0 Å². The molecule has 3 rings (SSSR count). The summed E-state index contributed by atoms with van der Waals surface area (Å²) >= 11 is 11.0. The SMILES string of the molecule is C[C@]1([C@@H](O)c2ccc(F)cc2)NC(=S)N(c2ccc(F)c(Cl)c2)C1=O. The van der Waals surface area contributed by atoms with Crippen molar-refractivity contribution in [1.82, 2.24) is 5.32 Å². The lowest BCUT2D eigenvalue weighted by atomic mass is 9.89. The molecule has 1 fully saturated rings. The number of benzene rings is 2. The minimum Gasteiger partial charge on any atom is -0.385 e. The molecular weight excluding hydrogens is 370 g/mol. The van der Waals surface area contributed by atoms with Gasteiger partial charge in [0.1, 0.15) is 23.3 Å². The predicted octanol–water partition coefficient (Wildman–Crippen LogP) is 3.33. The van der Waals surface area contributed by atoms with Crippen molar-refractivity contribution in [3.63, 3.8) is 0 Å². The number of nitrogens with zero attached hydrogens (tertiary/aromatic N) is 1. The molecule has 130 valence electrons. The standard InChI is InChI=1S/C17H13ClF2N2O2S/c1-17(14(23)9-2-4-10(19)5-3-9)15(24)22(16(25)21-17)11-6-7-13(20)12(18)8-11/h2-8,14,23H,1H3,(H,21,25)/t14-,17+/m0/s1. The van der Waals surface area contributed by atoms with Crippen LogP contribution in [-0.4, -0.2) is 21.7 Å². The van der Waals surface area contributed by atoms with E-state index in [-0.39, 0.29) is 15.8 Å². The lowest BCUT2D eigenvalue weighted by Gasteiger charge is -2.28. The summed E-state index contributed by atoms with van der Waals surface area (Å²) in [4.78, 5) is 14.1. The van der Waals surface area contributed by atoms with Crippen molar-refractivity contribution in [3.05, 3.63) is 64.7 Å². The largest absolute Gasteiger partial charge is 0.385 e. The Morgan fingerprint density at radius 3 is 2.48 bits per heavy atom. The molecule has 0 aliphatic carbocycles. The van der Waals surface area contributed by atoms with Crippen molar-refractivity contribution in [2.45, 2.75) is 18.6 Å². The fraction of sp³-hybridized carbons (Fsp3) is 0.176. The molecule has 1 saturated heterocycles. The van der Waals surface area contributed by atoms with Crippen LogP contribution in [0.4, 0.5) is 14.5 Å². The third-order valence-corrected chi connectivity index (χ3v) is 4.69. The van der Waals surface area contributed by atoms with E-state index in [4.69, 9.17) is 23.8 Å². The highest BCUT2D eigenvalue weighted by atomic mass is 35.5. The smallest absolute Gasteiger partial charge is 0.261 e. The van der Waals surface area contributed by atoms with Gasteiger partial charge in [-0.25, -0.2) is 8.78 Å². The molecule has 0 aromatic heterocycles. The molecule has 0 bridgehead atoms. The number of thiocarbonyl (C=S) groups is 1. The molecule has 1 amide bonds. The third kappa shape index (κ3) is 2.99. The van der Waals surface area contributed by atoms with Crippen molar-refractivity contribution < 1.29 is 18.7 Å². The maximum Gasteiger partial charge on any atom is 0.261 e. The van der Waals surface area contributed by atoms with Crippen LogP contribution in [0.15, 0.2) is 42.5 Å². The molecule has 1 aliphatic rings. The first-order chi connectivity index (χ1) is 11.7. The van der Waals surface area contributed by atoms with Crippen LogP contribution < -0.4 is 10.2 Å². The zero-order valence-corrected chi connectivity index (χ0v) is 14.5. The Kier molecular flexibility index (Phi) is 4.49. The normalized spacial score (nSPS) is 21.4. The molecular formula is C17H13ClF2N2O2S. The summed E-state index contributed by atoms with van der Waals surface area (Å²) in [6, 6.07) is 8.93. The van der Waals surface area contributed by atoms with Gasteiger partial charge in [-0.05, 0) is 55.0 Å². The average Bonchev–Trinajstić information content (AvgIpc) is 2.80. The highest BCUT2D eigenvalue weighted by Crippen LogP contribution is 2.35. The van der Waals surface area contributed by atoms with Crippen molar-refractivity contribution in [3.8, 4) is 0 Å². The first-order valence-electron chi connectivity index (χ1n) is 7.29. The molecule has 2 aromatic carbocycles. The van der Waals surface area contributed by atoms with E-state index in [1.807, 2.05) is 0 Å². The van der Waals surface area contributed by atoms with Gasteiger partial charge in [0.25, 0.3) is 5.91 Å². The lowest BCUT2D eigenvalue weighted by molar-refractivity contribution is -0.125. The van der Waals surface area contributed by atoms with Crippen molar-refractivity contribution in [2.75, 3.05) is 4.90 Å². The quantitative estimate of drug-likeness (QED) is 0.799. The van der Waals surface area contributed by atoms with Crippen LogP contribution >= 0.6 is 23.8 Å². The van der Waals surface area contributed by atoms with E-state index < -0.39 is 29.2 Å². The molecule has 2 N–H and O–H groups in total. The molecule has 1 heterocycles. The minimum atomic E-state index is -1.46. The summed E-state index contributed by atoms with van der Waals surface area (Å²) in [5.74, 6) is -1.60. The van der Waals surface area contributed by atoms with Gasteiger partial charge in [0.15, 0.2) is 5.11 Å². The van der Waals surface area contributed by atoms with E-state index in [9.17, 15) is 18.7 Å². The Balaban J connectivity index is 1.96. The number of carbonyl (C=O) groups excluding carboxylic acids is 1. The van der Waals surface area contributed by atoms with Gasteiger partial charge in [0.05, 0.1) is 10.7 Å². The van der Waals surface area contributed by atoms with Crippen molar-refractivity contribution in [2.24, 2.45) is 0 Å². The fourth-order valence-electron chi connectivity index (χ4n) is 2.68. The van der Waals surface area contributed by atoms with Crippen LogP contribution in [0.3, 0.4) is 0 Å². The van der Waals surface area contributed by atoms with Crippen LogP contribution in [0.1, 0.15) is 18.6 Å². The van der Waals surface area contributed by atoms with Crippen LogP contribution in [0.5, 0.6) is 0 Å². The highest BCUT2D eigenvalue weighted by Gasteiger charge is 2.51. The molecule has 2 atom stereocenters. The van der Waals surface area contributed by atoms with Gasteiger partial charge in [-0.2, -0.15) is 0 Å². The summed E-state index contributed by atoms with van der Waals surface area (Å²) in [6.45, 7) is 1.49. The molecule has 1 aliphatic heterocycles. The Morgan fingerprint density at radius 2 is 1.88 bits per heavy atom. The summed E-state index contributed by atoms with van der Waals surface area (Å²) in [6.07, 6.45) is -1.28. The topological polar surface area (TPSA) is 52.6 Å². The number of anilines is 1. The summed E-state index contributed by atoms with van der Waals surface area (Å²) in [5, 5.41) is 13.3. The van der Waals surface area contributed by atoms with E-state index in [0.717, 1.165) is 11.0 Å². The van der Waals surface area contributed by atoms with Gasteiger partial charge in [-0.15, -0.1) is 0 Å². The minimum absolute atomic E-state index is 0.0522. The second kappa shape index (κ2) is 6.33. The van der Waals surface area contributed by atoms with E-state index in [0.29, 0.717) is 5.56 Å². The Morgan fingerprint density at radius 1 is 1.24 bits per heavy atom. The van der Waals surface area contributed by atoms with Crippen molar-refractivity contribution >= 4 is 40.5 Å². The van der Waals surface area contributed by atoms with Gasteiger partial charge in [-0.3, -0.25) is 9.69 Å². The van der Waals surface area contributed by atoms with E-state index in [2.05, 4.69) is 5.32 Å². The second-order valence-corrected chi connectivity index (χ2v) is 6.62. The first-order valence-corrected chi connectivity index (χ1v) is 8.08. The van der Waals surface area contributed by atoms with Crippen LogP contribution in [0, 0.1) is 11.6 Å². The van der Waals surface area contributed by atoms with Gasteiger partial charge in [-0.1, -0.05) is 23.7 Å². The first kappa shape index (κ1) is 17.7. The fourth-order valence-corrected chi connectivity index (χ4v) is 3.25.